The highest BCUT2D eigenvalue weighted by Crippen LogP contribution is 2.28. The van der Waals surface area contributed by atoms with Crippen LogP contribution in [0.2, 0.25) is 0 Å². The number of hydrogen-bond acceptors (Lipinski definition) is 6. The summed E-state index contributed by atoms with van der Waals surface area (Å²) in [5.74, 6) is -0.687. The molecule has 0 radical (unpaired) electrons. The van der Waals surface area contributed by atoms with E-state index in [1.165, 1.54) is 13.2 Å². The minimum absolute atomic E-state index is 0.202. The van der Waals surface area contributed by atoms with Crippen LogP contribution in [0, 0.1) is 12.7 Å². The van der Waals surface area contributed by atoms with Gasteiger partial charge in [-0.2, -0.15) is 0 Å². The molecule has 0 aliphatic heterocycles. The van der Waals surface area contributed by atoms with E-state index in [0.29, 0.717) is 28.0 Å². The number of ether oxygens (including phenoxy) is 2. The van der Waals surface area contributed by atoms with Gasteiger partial charge >= 0.3 is 5.97 Å². The molecule has 1 aromatic heterocycles. The number of aryl methyl sites for hydroxylation is 1. The monoisotopic (exact) mass is 310 g/mol. The molecule has 0 saturated heterocycles. The van der Waals surface area contributed by atoms with Crippen molar-refractivity contribution in [2.75, 3.05) is 19.0 Å². The highest BCUT2D eigenvalue weighted by molar-refractivity contribution is 7.17. The smallest absolute Gasteiger partial charge is 0.350 e. The van der Waals surface area contributed by atoms with Crippen molar-refractivity contribution in [3.63, 3.8) is 0 Å². The molecule has 5 nitrogen and oxygen atoms in total. The maximum atomic E-state index is 13.8. The van der Waals surface area contributed by atoms with Crippen molar-refractivity contribution in [1.82, 2.24) is 4.98 Å². The first-order chi connectivity index (χ1) is 10.0. The summed E-state index contributed by atoms with van der Waals surface area (Å²) in [4.78, 5) is 16.2. The molecule has 0 saturated carbocycles. The first-order valence-corrected chi connectivity index (χ1v) is 7.12. The molecule has 0 fully saturated rings. The van der Waals surface area contributed by atoms with Crippen LogP contribution in [-0.4, -0.2) is 24.7 Å². The number of carbonyl (C=O) groups is 1. The van der Waals surface area contributed by atoms with Gasteiger partial charge < -0.3 is 14.8 Å². The zero-order valence-corrected chi connectivity index (χ0v) is 12.7. The molecule has 0 aliphatic carbocycles. The lowest BCUT2D eigenvalue weighted by Crippen LogP contribution is -1.99. The first-order valence-electron chi connectivity index (χ1n) is 6.30. The average Bonchev–Trinajstić information content (AvgIpc) is 2.82. The van der Waals surface area contributed by atoms with Gasteiger partial charge in [0, 0.05) is 11.8 Å². The Kier molecular flexibility index (Phi) is 4.74. The van der Waals surface area contributed by atoms with Crippen LogP contribution in [0.5, 0.6) is 5.75 Å². The van der Waals surface area contributed by atoms with Gasteiger partial charge in [-0.25, -0.2) is 14.2 Å². The topological polar surface area (TPSA) is 60.5 Å². The highest BCUT2D eigenvalue weighted by atomic mass is 32.1. The fraction of sp³-hybridized carbons (Fsp3) is 0.286. The Morgan fingerprint density at radius 1 is 1.48 bits per heavy atom. The van der Waals surface area contributed by atoms with Gasteiger partial charge in [0.25, 0.3) is 0 Å². The van der Waals surface area contributed by atoms with Gasteiger partial charge in [-0.1, -0.05) is 11.3 Å². The van der Waals surface area contributed by atoms with E-state index in [4.69, 9.17) is 4.74 Å². The number of nitrogens with zero attached hydrogens (tertiary/aromatic N) is 1. The average molecular weight is 310 g/mol. The minimum Gasteiger partial charge on any atom is -0.491 e. The third kappa shape index (κ3) is 3.49. The predicted molar refractivity (Wildman–Crippen MR) is 79.0 cm³/mol. The molecular weight excluding hydrogens is 295 g/mol. The molecule has 0 aliphatic rings. The SMILES string of the molecule is CCOc1ccc(Nc2nc(C)c(C(=O)OC)s2)cc1F. The number of esters is 1. The van der Waals surface area contributed by atoms with Crippen LogP contribution in [0.25, 0.3) is 0 Å². The van der Waals surface area contributed by atoms with Gasteiger partial charge in [-0.05, 0) is 26.0 Å². The van der Waals surface area contributed by atoms with E-state index in [2.05, 4.69) is 15.0 Å². The number of halogens is 1. The second kappa shape index (κ2) is 6.53. The Labute approximate surface area is 125 Å². The zero-order valence-electron chi connectivity index (χ0n) is 11.9. The van der Waals surface area contributed by atoms with Crippen LogP contribution in [-0.2, 0) is 4.74 Å². The number of benzene rings is 1. The third-order valence-electron chi connectivity index (χ3n) is 2.65. The lowest BCUT2D eigenvalue weighted by Gasteiger charge is -2.07. The Hall–Kier alpha value is -2.15. The molecule has 21 heavy (non-hydrogen) atoms. The molecule has 7 heteroatoms. The Morgan fingerprint density at radius 3 is 2.86 bits per heavy atom. The number of hydrogen-bond donors (Lipinski definition) is 1. The van der Waals surface area contributed by atoms with Crippen molar-refractivity contribution in [1.29, 1.82) is 0 Å². The van der Waals surface area contributed by atoms with Crippen LogP contribution in [0.3, 0.4) is 0 Å². The summed E-state index contributed by atoms with van der Waals surface area (Å²) < 4.78 is 23.6. The summed E-state index contributed by atoms with van der Waals surface area (Å²) in [5.41, 5.74) is 1.10. The molecule has 2 rings (SSSR count). The summed E-state index contributed by atoms with van der Waals surface area (Å²) in [5, 5.41) is 3.46. The van der Waals surface area contributed by atoms with Gasteiger partial charge in [0.2, 0.25) is 0 Å². The third-order valence-corrected chi connectivity index (χ3v) is 3.70. The fourth-order valence-corrected chi connectivity index (χ4v) is 2.61. The van der Waals surface area contributed by atoms with Crippen LogP contribution >= 0.6 is 11.3 Å². The van der Waals surface area contributed by atoms with E-state index in [-0.39, 0.29) is 5.75 Å². The van der Waals surface area contributed by atoms with Gasteiger partial charge in [0.1, 0.15) is 4.88 Å². The molecule has 0 unspecified atom stereocenters. The van der Waals surface area contributed by atoms with Crippen molar-refractivity contribution in [2.24, 2.45) is 0 Å². The molecule has 0 spiro atoms. The number of methoxy groups -OCH3 is 1. The molecule has 0 bridgehead atoms. The molecule has 0 amide bonds. The van der Waals surface area contributed by atoms with Crippen LogP contribution in [0.1, 0.15) is 22.3 Å². The molecule has 1 heterocycles. The maximum Gasteiger partial charge on any atom is 0.350 e. The van der Waals surface area contributed by atoms with E-state index in [1.54, 1.807) is 26.0 Å². The van der Waals surface area contributed by atoms with Crippen LogP contribution in [0.15, 0.2) is 18.2 Å². The highest BCUT2D eigenvalue weighted by Gasteiger charge is 2.16. The summed E-state index contributed by atoms with van der Waals surface area (Å²) in [6, 6.07) is 4.55. The first kappa shape index (κ1) is 15.2. The number of aromatic nitrogens is 1. The van der Waals surface area contributed by atoms with Gasteiger partial charge in [0.15, 0.2) is 16.7 Å². The van der Waals surface area contributed by atoms with Gasteiger partial charge in [0.05, 0.1) is 19.4 Å². The summed E-state index contributed by atoms with van der Waals surface area (Å²) in [6.07, 6.45) is 0. The molecule has 0 atom stereocenters. The van der Waals surface area contributed by atoms with Gasteiger partial charge in [-0.15, -0.1) is 0 Å². The van der Waals surface area contributed by atoms with Gasteiger partial charge in [-0.3, -0.25) is 0 Å². The number of carbonyl (C=O) groups excluding carboxylic acids is 1. The molecular formula is C14H15FN2O3S. The lowest BCUT2D eigenvalue weighted by molar-refractivity contribution is 0.0605. The van der Waals surface area contributed by atoms with Crippen LogP contribution in [0.4, 0.5) is 15.2 Å². The standard InChI is InChI=1S/C14H15FN2O3S/c1-4-20-11-6-5-9(7-10(11)15)17-14-16-8(2)12(21-14)13(18)19-3/h5-7H,4H2,1-3H3,(H,16,17). The summed E-state index contributed by atoms with van der Waals surface area (Å²) >= 11 is 1.16. The molecule has 112 valence electrons. The van der Waals surface area contributed by atoms with Crippen molar-refractivity contribution in [3.05, 3.63) is 34.6 Å². The Morgan fingerprint density at radius 2 is 2.24 bits per heavy atom. The Balaban J connectivity index is 2.18. The minimum atomic E-state index is -0.455. The fourth-order valence-electron chi connectivity index (χ4n) is 1.71. The molecule has 1 N–H and O–H groups in total. The number of thiazole rings is 1. The molecule has 1 aromatic carbocycles. The lowest BCUT2D eigenvalue weighted by atomic mass is 10.3. The maximum absolute atomic E-state index is 13.8. The van der Waals surface area contributed by atoms with Crippen molar-refractivity contribution in [2.45, 2.75) is 13.8 Å². The summed E-state index contributed by atoms with van der Waals surface area (Å²) in [7, 11) is 1.32. The predicted octanol–water partition coefficient (Wildman–Crippen LogP) is 3.52. The second-order valence-electron chi connectivity index (χ2n) is 4.13. The van der Waals surface area contributed by atoms with Crippen molar-refractivity contribution < 1.29 is 18.7 Å². The molecule has 2 aromatic rings. The number of rotatable bonds is 5. The van der Waals surface area contributed by atoms with E-state index in [1.807, 2.05) is 0 Å². The summed E-state index contributed by atoms with van der Waals surface area (Å²) in [6.45, 7) is 3.91. The van der Waals surface area contributed by atoms with E-state index in [9.17, 15) is 9.18 Å². The van der Waals surface area contributed by atoms with Crippen molar-refractivity contribution in [3.8, 4) is 5.75 Å². The van der Waals surface area contributed by atoms with E-state index < -0.39 is 11.8 Å². The normalized spacial score (nSPS) is 10.3. The van der Waals surface area contributed by atoms with Crippen molar-refractivity contribution >= 4 is 28.1 Å². The van der Waals surface area contributed by atoms with E-state index >= 15 is 0 Å². The number of anilines is 2. The second-order valence-corrected chi connectivity index (χ2v) is 5.13. The zero-order chi connectivity index (χ0) is 15.4. The number of nitrogens with one attached hydrogen (secondary N) is 1. The largest absolute Gasteiger partial charge is 0.491 e. The van der Waals surface area contributed by atoms with E-state index in [0.717, 1.165) is 11.3 Å². The Bertz CT molecular complexity index is 658. The van der Waals surface area contributed by atoms with Crippen LogP contribution < -0.4 is 10.1 Å². The quantitative estimate of drug-likeness (QED) is 0.856.